The van der Waals surface area contributed by atoms with Crippen molar-refractivity contribution in [3.8, 4) is 0 Å². The van der Waals surface area contributed by atoms with Crippen LogP contribution in [0.1, 0.15) is 0 Å². The molecule has 0 radical (unpaired) electrons. The molecule has 0 aliphatic heterocycles. The molecule has 0 amide bonds. The van der Waals surface area contributed by atoms with Crippen LogP contribution in [0.5, 0.6) is 0 Å². The Kier molecular flexibility index (Phi) is 3.88. The van der Waals surface area contributed by atoms with Gasteiger partial charge in [-0.1, -0.05) is 0 Å². The summed E-state index contributed by atoms with van der Waals surface area (Å²) in [7, 11) is 0. The van der Waals surface area contributed by atoms with E-state index in [1.807, 2.05) is 54.6 Å². The van der Waals surface area contributed by atoms with E-state index in [4.69, 9.17) is 17.2 Å². The lowest BCUT2D eigenvalue weighted by molar-refractivity contribution is 1.31. The van der Waals surface area contributed by atoms with E-state index in [0.717, 1.165) is 17.1 Å². The minimum atomic E-state index is 0.436. The van der Waals surface area contributed by atoms with Crippen LogP contribution in [0.4, 0.5) is 40.1 Å². The lowest BCUT2D eigenvalue weighted by atomic mass is 10.2. The molecular formula is C17H18N6. The number of hydrogen-bond donors (Lipinski definition) is 5. The van der Waals surface area contributed by atoms with Gasteiger partial charge in [0.2, 0.25) is 0 Å². The van der Waals surface area contributed by atoms with Crippen LogP contribution in [0.2, 0.25) is 0 Å². The molecule has 3 rings (SSSR count). The number of nitrogens with one attached hydrogen (secondary N) is 2. The highest BCUT2D eigenvalue weighted by molar-refractivity contribution is 5.77. The van der Waals surface area contributed by atoms with Crippen molar-refractivity contribution in [2.75, 3.05) is 27.8 Å². The molecule has 0 saturated heterocycles. The maximum absolute atomic E-state index is 5.80. The van der Waals surface area contributed by atoms with Gasteiger partial charge in [0.05, 0.1) is 5.69 Å². The van der Waals surface area contributed by atoms with Crippen molar-refractivity contribution in [3.05, 3.63) is 60.7 Å². The molecule has 116 valence electrons. The summed E-state index contributed by atoms with van der Waals surface area (Å²) in [5.41, 5.74) is 21.2. The van der Waals surface area contributed by atoms with Crippen molar-refractivity contribution >= 4 is 40.1 Å². The standard InChI is InChI=1S/C17H18N6/c18-11-1-5-13(6-2-11)21-15-9-10-16(20)23-17(15)22-14-7-3-12(19)4-8-14/h1-10,21H,18-19H2,(H3,20,22,23). The molecule has 1 aromatic heterocycles. The van der Waals surface area contributed by atoms with Crippen LogP contribution in [0.3, 0.4) is 0 Å². The molecule has 2 aromatic carbocycles. The minimum Gasteiger partial charge on any atom is -0.399 e. The van der Waals surface area contributed by atoms with Crippen molar-refractivity contribution in [2.24, 2.45) is 0 Å². The van der Waals surface area contributed by atoms with Crippen LogP contribution in [-0.2, 0) is 0 Å². The third-order valence-electron chi connectivity index (χ3n) is 3.28. The minimum absolute atomic E-state index is 0.436. The van der Waals surface area contributed by atoms with Gasteiger partial charge in [-0.05, 0) is 60.7 Å². The van der Waals surface area contributed by atoms with Crippen molar-refractivity contribution in [2.45, 2.75) is 0 Å². The first-order valence-electron chi connectivity index (χ1n) is 7.12. The molecule has 0 aliphatic carbocycles. The SMILES string of the molecule is Nc1ccc(Nc2ccc(N)nc2Nc2ccc(N)cc2)cc1. The number of nitrogen functional groups attached to an aromatic ring is 3. The molecule has 0 aliphatic rings. The van der Waals surface area contributed by atoms with Crippen LogP contribution in [0, 0.1) is 0 Å². The van der Waals surface area contributed by atoms with Gasteiger partial charge in [0.1, 0.15) is 5.82 Å². The van der Waals surface area contributed by atoms with Gasteiger partial charge in [0.25, 0.3) is 0 Å². The summed E-state index contributed by atoms with van der Waals surface area (Å²) in [4.78, 5) is 4.35. The Hall–Kier alpha value is -3.41. The predicted octanol–water partition coefficient (Wildman–Crippen LogP) is 3.32. The van der Waals surface area contributed by atoms with E-state index >= 15 is 0 Å². The monoisotopic (exact) mass is 306 g/mol. The normalized spacial score (nSPS) is 10.3. The zero-order chi connectivity index (χ0) is 16.2. The number of benzene rings is 2. The van der Waals surface area contributed by atoms with Gasteiger partial charge in [-0.2, -0.15) is 0 Å². The number of anilines is 7. The van der Waals surface area contributed by atoms with E-state index in [-0.39, 0.29) is 0 Å². The van der Waals surface area contributed by atoms with Crippen molar-refractivity contribution in [1.29, 1.82) is 0 Å². The second kappa shape index (κ2) is 6.15. The number of rotatable bonds is 4. The first-order valence-corrected chi connectivity index (χ1v) is 7.12. The lowest BCUT2D eigenvalue weighted by Crippen LogP contribution is -2.02. The van der Waals surface area contributed by atoms with Crippen molar-refractivity contribution < 1.29 is 0 Å². The molecule has 1 heterocycles. The predicted molar refractivity (Wildman–Crippen MR) is 96.9 cm³/mol. The third-order valence-corrected chi connectivity index (χ3v) is 3.28. The highest BCUT2D eigenvalue weighted by Gasteiger charge is 2.06. The van der Waals surface area contributed by atoms with Crippen LogP contribution in [0.15, 0.2) is 60.7 Å². The summed E-state index contributed by atoms with van der Waals surface area (Å²) in [6.07, 6.45) is 0. The van der Waals surface area contributed by atoms with Gasteiger partial charge < -0.3 is 27.8 Å². The first-order chi connectivity index (χ1) is 11.1. The van der Waals surface area contributed by atoms with Crippen molar-refractivity contribution in [1.82, 2.24) is 4.98 Å². The van der Waals surface area contributed by atoms with Crippen LogP contribution in [-0.4, -0.2) is 4.98 Å². The summed E-state index contributed by atoms with van der Waals surface area (Å²) in [6.45, 7) is 0. The maximum atomic E-state index is 5.80. The van der Waals surface area contributed by atoms with Crippen molar-refractivity contribution in [3.63, 3.8) is 0 Å². The maximum Gasteiger partial charge on any atom is 0.156 e. The summed E-state index contributed by atoms with van der Waals surface area (Å²) >= 11 is 0. The fraction of sp³-hybridized carbons (Fsp3) is 0. The molecule has 23 heavy (non-hydrogen) atoms. The Morgan fingerprint density at radius 2 is 1.13 bits per heavy atom. The highest BCUT2D eigenvalue weighted by Crippen LogP contribution is 2.28. The Morgan fingerprint density at radius 1 is 0.609 bits per heavy atom. The average molecular weight is 306 g/mol. The molecule has 0 saturated carbocycles. The van der Waals surface area contributed by atoms with Crippen LogP contribution >= 0.6 is 0 Å². The third kappa shape index (κ3) is 3.62. The Bertz CT molecular complexity index is 796. The molecule has 8 N–H and O–H groups in total. The van der Waals surface area contributed by atoms with E-state index in [9.17, 15) is 0 Å². The topological polar surface area (TPSA) is 115 Å². The second-order valence-corrected chi connectivity index (χ2v) is 5.13. The Balaban J connectivity index is 1.88. The van der Waals surface area contributed by atoms with Gasteiger partial charge in [0, 0.05) is 22.7 Å². The molecule has 0 unspecified atom stereocenters. The largest absolute Gasteiger partial charge is 0.399 e. The van der Waals surface area contributed by atoms with E-state index < -0.39 is 0 Å². The van der Waals surface area contributed by atoms with E-state index in [0.29, 0.717) is 23.0 Å². The van der Waals surface area contributed by atoms with Gasteiger partial charge in [-0.25, -0.2) is 4.98 Å². The van der Waals surface area contributed by atoms with Gasteiger partial charge in [-0.3, -0.25) is 0 Å². The molecule has 0 spiro atoms. The zero-order valence-corrected chi connectivity index (χ0v) is 12.5. The quantitative estimate of drug-likeness (QED) is 0.472. The number of nitrogens with two attached hydrogens (primary N) is 3. The Labute approximate surface area is 134 Å². The van der Waals surface area contributed by atoms with E-state index in [2.05, 4.69) is 15.6 Å². The highest BCUT2D eigenvalue weighted by atomic mass is 15.1. The second-order valence-electron chi connectivity index (χ2n) is 5.13. The van der Waals surface area contributed by atoms with E-state index in [1.165, 1.54) is 0 Å². The van der Waals surface area contributed by atoms with Gasteiger partial charge in [-0.15, -0.1) is 0 Å². The fourth-order valence-electron chi connectivity index (χ4n) is 2.10. The Morgan fingerprint density at radius 3 is 1.70 bits per heavy atom. The zero-order valence-electron chi connectivity index (χ0n) is 12.5. The summed E-state index contributed by atoms with van der Waals surface area (Å²) in [6, 6.07) is 18.5. The molecule has 3 aromatic rings. The number of hydrogen-bond acceptors (Lipinski definition) is 6. The van der Waals surface area contributed by atoms with Gasteiger partial charge >= 0.3 is 0 Å². The molecule has 6 heteroatoms. The first kappa shape index (κ1) is 14.5. The average Bonchev–Trinajstić information content (AvgIpc) is 2.54. The number of pyridine rings is 1. The van der Waals surface area contributed by atoms with Crippen LogP contribution < -0.4 is 27.8 Å². The summed E-state index contributed by atoms with van der Waals surface area (Å²) in [5, 5.41) is 6.54. The molecule has 0 fully saturated rings. The molecule has 6 nitrogen and oxygen atoms in total. The fourth-order valence-corrected chi connectivity index (χ4v) is 2.10. The number of aromatic nitrogens is 1. The summed E-state index contributed by atoms with van der Waals surface area (Å²) < 4.78 is 0. The molecule has 0 bridgehead atoms. The van der Waals surface area contributed by atoms with Gasteiger partial charge in [0.15, 0.2) is 5.82 Å². The smallest absolute Gasteiger partial charge is 0.156 e. The van der Waals surface area contributed by atoms with E-state index in [1.54, 1.807) is 6.07 Å². The summed E-state index contributed by atoms with van der Waals surface area (Å²) in [5.74, 6) is 1.07. The number of nitrogens with zero attached hydrogens (tertiary/aromatic N) is 1. The van der Waals surface area contributed by atoms with Crippen LogP contribution in [0.25, 0.3) is 0 Å². The molecular weight excluding hydrogens is 288 g/mol. The lowest BCUT2D eigenvalue weighted by Gasteiger charge is -2.14. The molecule has 0 atom stereocenters.